The largest absolute Gasteiger partial charge is 0.383 e. The van der Waals surface area contributed by atoms with Crippen molar-refractivity contribution < 1.29 is 8.42 Å². The molecule has 102 valence electrons. The minimum atomic E-state index is -3.81. The minimum absolute atomic E-state index is 0.0595. The average molecular weight is 288 g/mol. The molecule has 1 heterocycles. The minimum Gasteiger partial charge on any atom is -0.383 e. The van der Waals surface area contributed by atoms with Crippen molar-refractivity contribution in [3.8, 4) is 6.07 Å². The van der Waals surface area contributed by atoms with Crippen LogP contribution in [0, 0.1) is 11.3 Å². The summed E-state index contributed by atoms with van der Waals surface area (Å²) in [6.45, 7) is 0. The van der Waals surface area contributed by atoms with E-state index in [1.807, 2.05) is 6.07 Å². The van der Waals surface area contributed by atoms with Crippen LogP contribution in [0.25, 0.3) is 0 Å². The summed E-state index contributed by atoms with van der Waals surface area (Å²) in [7, 11) is -2.41. The fraction of sp³-hybridized carbons (Fsp3) is 0.0769. The third kappa shape index (κ3) is 2.41. The van der Waals surface area contributed by atoms with Gasteiger partial charge in [-0.05, 0) is 30.3 Å². The van der Waals surface area contributed by atoms with Crippen LogP contribution in [0.5, 0.6) is 0 Å². The van der Waals surface area contributed by atoms with Crippen molar-refractivity contribution in [2.75, 3.05) is 17.1 Å². The second kappa shape index (κ2) is 5.19. The van der Waals surface area contributed by atoms with Gasteiger partial charge >= 0.3 is 0 Å². The van der Waals surface area contributed by atoms with Crippen molar-refractivity contribution >= 4 is 21.5 Å². The maximum Gasteiger partial charge on any atom is 0.267 e. The van der Waals surface area contributed by atoms with Gasteiger partial charge in [-0.2, -0.15) is 5.26 Å². The molecule has 0 unspecified atom stereocenters. The van der Waals surface area contributed by atoms with Gasteiger partial charge in [-0.3, -0.25) is 4.31 Å². The Kier molecular flexibility index (Phi) is 3.59. The van der Waals surface area contributed by atoms with Crippen molar-refractivity contribution in [1.82, 2.24) is 4.98 Å². The van der Waals surface area contributed by atoms with Crippen LogP contribution >= 0.6 is 0 Å². The van der Waals surface area contributed by atoms with Gasteiger partial charge in [0.05, 0.1) is 17.3 Å². The first-order valence-corrected chi connectivity index (χ1v) is 7.10. The summed E-state index contributed by atoms with van der Waals surface area (Å²) < 4.78 is 26.0. The molecule has 0 atom stereocenters. The summed E-state index contributed by atoms with van der Waals surface area (Å²) >= 11 is 0. The fourth-order valence-corrected chi connectivity index (χ4v) is 2.93. The number of nitrogens with two attached hydrogens (primary N) is 1. The number of sulfonamides is 1. The predicted molar refractivity (Wildman–Crippen MR) is 75.4 cm³/mol. The molecule has 0 saturated heterocycles. The Labute approximate surface area is 117 Å². The molecule has 20 heavy (non-hydrogen) atoms. The smallest absolute Gasteiger partial charge is 0.267 e. The number of rotatable bonds is 3. The molecule has 2 rings (SSSR count). The van der Waals surface area contributed by atoms with Gasteiger partial charge in [-0.1, -0.05) is 6.07 Å². The molecule has 0 aliphatic carbocycles. The molecular weight excluding hydrogens is 276 g/mol. The normalized spacial score (nSPS) is 10.8. The van der Waals surface area contributed by atoms with E-state index < -0.39 is 10.0 Å². The Morgan fingerprint density at radius 3 is 2.70 bits per heavy atom. The summed E-state index contributed by atoms with van der Waals surface area (Å²) in [5, 5.41) is 8.86. The Hall–Kier alpha value is -2.59. The van der Waals surface area contributed by atoms with Crippen molar-refractivity contribution in [1.29, 1.82) is 5.26 Å². The van der Waals surface area contributed by atoms with E-state index in [0.29, 0.717) is 11.3 Å². The van der Waals surface area contributed by atoms with Gasteiger partial charge in [0.25, 0.3) is 10.0 Å². The fourth-order valence-electron chi connectivity index (χ4n) is 1.68. The molecule has 0 aliphatic rings. The molecule has 6 nitrogen and oxygen atoms in total. The Morgan fingerprint density at radius 2 is 2.05 bits per heavy atom. The molecule has 1 aromatic carbocycles. The predicted octanol–water partition coefficient (Wildman–Crippen LogP) is 1.36. The van der Waals surface area contributed by atoms with Crippen LogP contribution in [0.4, 0.5) is 11.5 Å². The third-order valence-electron chi connectivity index (χ3n) is 2.78. The Bertz CT molecular complexity index is 781. The van der Waals surface area contributed by atoms with Gasteiger partial charge in [0, 0.05) is 13.2 Å². The lowest BCUT2D eigenvalue weighted by Gasteiger charge is -2.20. The van der Waals surface area contributed by atoms with Crippen LogP contribution in [-0.4, -0.2) is 20.4 Å². The van der Waals surface area contributed by atoms with Gasteiger partial charge in [-0.15, -0.1) is 0 Å². The van der Waals surface area contributed by atoms with Crippen LogP contribution < -0.4 is 10.0 Å². The summed E-state index contributed by atoms with van der Waals surface area (Å²) in [4.78, 5) is 3.71. The molecule has 0 fully saturated rings. The summed E-state index contributed by atoms with van der Waals surface area (Å²) in [6.07, 6.45) is 1.42. The first-order valence-electron chi connectivity index (χ1n) is 5.66. The zero-order valence-corrected chi connectivity index (χ0v) is 11.5. The number of nitrogen functional groups attached to an aromatic ring is 1. The third-order valence-corrected chi connectivity index (χ3v) is 4.61. The van der Waals surface area contributed by atoms with Gasteiger partial charge in [-0.25, -0.2) is 13.4 Å². The molecule has 0 saturated carbocycles. The number of benzene rings is 1. The molecule has 0 spiro atoms. The topological polar surface area (TPSA) is 100 Å². The second-order valence-corrected chi connectivity index (χ2v) is 5.96. The van der Waals surface area contributed by atoms with E-state index in [9.17, 15) is 8.42 Å². The number of hydrogen-bond acceptors (Lipinski definition) is 5. The van der Waals surface area contributed by atoms with E-state index in [1.54, 1.807) is 18.2 Å². The lowest BCUT2D eigenvalue weighted by Crippen LogP contribution is -2.27. The highest BCUT2D eigenvalue weighted by Gasteiger charge is 2.24. The van der Waals surface area contributed by atoms with Gasteiger partial charge in [0.1, 0.15) is 10.7 Å². The monoisotopic (exact) mass is 288 g/mol. The zero-order chi connectivity index (χ0) is 14.8. The van der Waals surface area contributed by atoms with Crippen LogP contribution in [0.2, 0.25) is 0 Å². The van der Waals surface area contributed by atoms with Gasteiger partial charge in [0.15, 0.2) is 0 Å². The number of anilines is 2. The lowest BCUT2D eigenvalue weighted by molar-refractivity contribution is 0.594. The standard InChI is InChI=1S/C13H12N4O2S/c1-17(11-5-2-4-10(8-11)9-14)20(18,19)12-6-3-7-16-13(12)15/h2-8H,1H3,(H2,15,16). The van der Waals surface area contributed by atoms with E-state index in [-0.39, 0.29) is 10.7 Å². The summed E-state index contributed by atoms with van der Waals surface area (Å²) in [6, 6.07) is 11.2. The molecule has 0 aliphatic heterocycles. The first-order chi connectivity index (χ1) is 9.46. The first kappa shape index (κ1) is 13.8. The van der Waals surface area contributed by atoms with Crippen LogP contribution in [0.15, 0.2) is 47.5 Å². The number of pyridine rings is 1. The Morgan fingerprint density at radius 1 is 1.30 bits per heavy atom. The summed E-state index contributed by atoms with van der Waals surface area (Å²) in [5.41, 5.74) is 6.37. The van der Waals surface area contributed by atoms with Crippen molar-refractivity contribution in [2.45, 2.75) is 4.90 Å². The number of nitrogens with zero attached hydrogens (tertiary/aromatic N) is 3. The number of nitriles is 1. The molecule has 7 heteroatoms. The SMILES string of the molecule is CN(c1cccc(C#N)c1)S(=O)(=O)c1cccnc1N. The molecule has 2 N–H and O–H groups in total. The Balaban J connectivity index is 2.49. The van der Waals surface area contributed by atoms with E-state index in [2.05, 4.69) is 4.98 Å². The van der Waals surface area contributed by atoms with Crippen LogP contribution in [0.3, 0.4) is 0 Å². The van der Waals surface area contributed by atoms with Crippen molar-refractivity contribution in [3.05, 3.63) is 48.2 Å². The molecule has 2 aromatic rings. The van der Waals surface area contributed by atoms with Gasteiger partial charge in [0.2, 0.25) is 0 Å². The van der Waals surface area contributed by atoms with Crippen molar-refractivity contribution in [2.24, 2.45) is 0 Å². The number of aromatic nitrogens is 1. The van der Waals surface area contributed by atoms with E-state index in [4.69, 9.17) is 11.0 Å². The number of hydrogen-bond donors (Lipinski definition) is 1. The highest BCUT2D eigenvalue weighted by atomic mass is 32.2. The molecular formula is C13H12N4O2S. The molecule has 1 aromatic heterocycles. The van der Waals surface area contributed by atoms with E-state index in [1.165, 1.54) is 31.4 Å². The highest BCUT2D eigenvalue weighted by molar-refractivity contribution is 7.93. The van der Waals surface area contributed by atoms with E-state index in [0.717, 1.165) is 4.31 Å². The van der Waals surface area contributed by atoms with Crippen LogP contribution in [0.1, 0.15) is 5.56 Å². The quantitative estimate of drug-likeness (QED) is 0.919. The van der Waals surface area contributed by atoms with Crippen molar-refractivity contribution in [3.63, 3.8) is 0 Å². The molecule has 0 bridgehead atoms. The lowest BCUT2D eigenvalue weighted by atomic mass is 10.2. The van der Waals surface area contributed by atoms with Crippen LogP contribution in [-0.2, 0) is 10.0 Å². The molecule has 0 radical (unpaired) electrons. The highest BCUT2D eigenvalue weighted by Crippen LogP contribution is 2.24. The molecule has 0 amide bonds. The zero-order valence-electron chi connectivity index (χ0n) is 10.7. The second-order valence-electron chi connectivity index (χ2n) is 4.02. The summed E-state index contributed by atoms with van der Waals surface area (Å²) in [5.74, 6) is -0.0595. The van der Waals surface area contributed by atoms with E-state index >= 15 is 0 Å². The maximum absolute atomic E-state index is 12.5. The van der Waals surface area contributed by atoms with Gasteiger partial charge < -0.3 is 5.73 Å². The average Bonchev–Trinajstić information content (AvgIpc) is 2.46. The maximum atomic E-state index is 12.5.